The van der Waals surface area contributed by atoms with E-state index in [0.29, 0.717) is 13.0 Å². The molecule has 0 spiro atoms. The molecule has 0 fully saturated rings. The number of benzene rings is 4. The number of hydrogen-bond donors (Lipinski definition) is 1. The number of hydrogen-bond acceptors (Lipinski definition) is 4. The quantitative estimate of drug-likeness (QED) is 0.151. The second-order valence-electron chi connectivity index (χ2n) is 12.2. The summed E-state index contributed by atoms with van der Waals surface area (Å²) in [6.07, 6.45) is 7.23. The summed E-state index contributed by atoms with van der Waals surface area (Å²) >= 11 is 0. The van der Waals surface area contributed by atoms with Crippen molar-refractivity contribution in [1.82, 2.24) is 4.90 Å². The lowest BCUT2D eigenvalue weighted by molar-refractivity contribution is -0.148. The summed E-state index contributed by atoms with van der Waals surface area (Å²) in [5.41, 5.74) is 11.0. The number of carboxylic acids is 1. The zero-order valence-electron chi connectivity index (χ0n) is 27.0. The zero-order valence-corrected chi connectivity index (χ0v) is 27.0. The first-order valence-electron chi connectivity index (χ1n) is 16.4. The van der Waals surface area contributed by atoms with E-state index in [1.54, 1.807) is 0 Å². The molecule has 0 aromatic heterocycles. The third-order valence-corrected chi connectivity index (χ3v) is 9.15. The van der Waals surface area contributed by atoms with E-state index >= 15 is 0 Å². The summed E-state index contributed by atoms with van der Waals surface area (Å²) in [7, 11) is 3.64. The van der Waals surface area contributed by atoms with Gasteiger partial charge in [0.05, 0.1) is 6.04 Å². The Kier molecular flexibility index (Phi) is 11.5. The molecule has 0 heterocycles. The number of nitrogens with zero attached hydrogens (tertiary/aromatic N) is 1. The van der Waals surface area contributed by atoms with Crippen molar-refractivity contribution < 1.29 is 19.4 Å². The standard InChI is InChI=1S/C40H47NO4/c1-4-5-10-30-18-23-36-33(27-30)20-24-35-32(19-15-29-11-7-6-8-12-29)13-9-14-37(35)39(36)41(2)25-26-45-34-21-16-31(17-22-34)28-38(44-3)40(42)43/h6-9,11-14,16-18,21-23,27,38-39H,4-5,10,15,19-20,24-26,28H2,1-3H3,(H,42,43). The van der Waals surface area contributed by atoms with Crippen LogP contribution in [0.4, 0.5) is 0 Å². The Labute approximate surface area is 268 Å². The maximum absolute atomic E-state index is 11.3. The van der Waals surface area contributed by atoms with Gasteiger partial charge < -0.3 is 14.6 Å². The Morgan fingerprint density at radius 2 is 1.64 bits per heavy atom. The average Bonchev–Trinajstić information content (AvgIpc) is 3.23. The summed E-state index contributed by atoms with van der Waals surface area (Å²) in [6.45, 7) is 3.58. The van der Waals surface area contributed by atoms with Gasteiger partial charge in [0, 0.05) is 20.1 Å². The number of carbonyl (C=O) groups is 1. The first-order chi connectivity index (χ1) is 22.0. The molecule has 4 aromatic rings. The van der Waals surface area contributed by atoms with Crippen LogP contribution in [-0.2, 0) is 48.1 Å². The highest BCUT2D eigenvalue weighted by molar-refractivity contribution is 5.72. The minimum atomic E-state index is -0.956. The summed E-state index contributed by atoms with van der Waals surface area (Å²) in [4.78, 5) is 13.8. The highest BCUT2D eigenvalue weighted by Gasteiger charge is 2.28. The van der Waals surface area contributed by atoms with Crippen LogP contribution in [0.25, 0.3) is 0 Å². The molecule has 4 aromatic carbocycles. The highest BCUT2D eigenvalue weighted by Crippen LogP contribution is 2.38. The van der Waals surface area contributed by atoms with Crippen LogP contribution in [-0.4, -0.2) is 49.4 Å². The number of ether oxygens (including phenoxy) is 2. The van der Waals surface area contributed by atoms with Crippen molar-refractivity contribution in [3.8, 4) is 5.75 Å². The minimum Gasteiger partial charge on any atom is -0.492 e. The van der Waals surface area contributed by atoms with Crippen LogP contribution in [0.2, 0.25) is 0 Å². The molecule has 0 radical (unpaired) electrons. The van der Waals surface area contributed by atoms with Crippen molar-refractivity contribution in [2.24, 2.45) is 0 Å². The van der Waals surface area contributed by atoms with Gasteiger partial charge in [-0.05, 0) is 102 Å². The molecular weight excluding hydrogens is 558 g/mol. The second-order valence-corrected chi connectivity index (χ2v) is 12.2. The van der Waals surface area contributed by atoms with Crippen molar-refractivity contribution in [3.05, 3.63) is 136 Å². The molecule has 5 rings (SSSR count). The van der Waals surface area contributed by atoms with Gasteiger partial charge in [-0.1, -0.05) is 92.2 Å². The zero-order chi connectivity index (χ0) is 31.6. The van der Waals surface area contributed by atoms with E-state index in [1.165, 1.54) is 58.9 Å². The van der Waals surface area contributed by atoms with Gasteiger partial charge in [0.15, 0.2) is 6.10 Å². The van der Waals surface area contributed by atoms with E-state index < -0.39 is 12.1 Å². The Morgan fingerprint density at radius 3 is 2.38 bits per heavy atom. The van der Waals surface area contributed by atoms with Gasteiger partial charge in [-0.3, -0.25) is 4.90 Å². The van der Waals surface area contributed by atoms with E-state index in [0.717, 1.165) is 50.0 Å². The summed E-state index contributed by atoms with van der Waals surface area (Å²) in [5.74, 6) is -0.176. The van der Waals surface area contributed by atoms with Crippen LogP contribution in [0.1, 0.15) is 70.3 Å². The van der Waals surface area contributed by atoms with Gasteiger partial charge >= 0.3 is 5.97 Å². The third kappa shape index (κ3) is 8.42. The number of carboxylic acid groups (broad SMARTS) is 1. The molecule has 1 aliphatic rings. The molecule has 236 valence electrons. The number of aliphatic carboxylic acids is 1. The smallest absolute Gasteiger partial charge is 0.333 e. The predicted octanol–water partition coefficient (Wildman–Crippen LogP) is 7.66. The van der Waals surface area contributed by atoms with E-state index in [1.807, 2.05) is 24.3 Å². The van der Waals surface area contributed by atoms with Gasteiger partial charge in [-0.15, -0.1) is 0 Å². The fourth-order valence-electron chi connectivity index (χ4n) is 6.60. The minimum absolute atomic E-state index is 0.155. The van der Waals surface area contributed by atoms with Crippen LogP contribution in [0, 0.1) is 0 Å². The lowest BCUT2D eigenvalue weighted by Crippen LogP contribution is -2.30. The Hall–Kier alpha value is -3.93. The normalized spacial score (nSPS) is 14.8. The van der Waals surface area contributed by atoms with Crippen molar-refractivity contribution in [3.63, 3.8) is 0 Å². The molecule has 0 amide bonds. The monoisotopic (exact) mass is 605 g/mol. The molecule has 0 saturated heterocycles. The molecule has 1 aliphatic carbocycles. The van der Waals surface area contributed by atoms with Gasteiger partial charge in [0.2, 0.25) is 0 Å². The van der Waals surface area contributed by atoms with Crippen molar-refractivity contribution >= 4 is 5.97 Å². The number of fused-ring (bicyclic) bond motifs is 2. The van der Waals surface area contributed by atoms with Crippen LogP contribution in [0.5, 0.6) is 5.75 Å². The van der Waals surface area contributed by atoms with Crippen molar-refractivity contribution in [2.75, 3.05) is 27.3 Å². The Balaban J connectivity index is 1.34. The maximum Gasteiger partial charge on any atom is 0.333 e. The fourth-order valence-corrected chi connectivity index (χ4v) is 6.60. The van der Waals surface area contributed by atoms with E-state index in [4.69, 9.17) is 9.47 Å². The molecule has 0 aliphatic heterocycles. The first-order valence-corrected chi connectivity index (χ1v) is 16.4. The molecule has 1 N–H and O–H groups in total. The lowest BCUT2D eigenvalue weighted by atomic mass is 9.89. The van der Waals surface area contributed by atoms with Gasteiger partial charge in [0.1, 0.15) is 12.4 Å². The van der Waals surface area contributed by atoms with Gasteiger partial charge in [0.25, 0.3) is 0 Å². The molecular formula is C40H47NO4. The van der Waals surface area contributed by atoms with Crippen LogP contribution >= 0.6 is 0 Å². The third-order valence-electron chi connectivity index (χ3n) is 9.15. The molecule has 0 bridgehead atoms. The van der Waals surface area contributed by atoms with E-state index in [9.17, 15) is 9.90 Å². The van der Waals surface area contributed by atoms with Gasteiger partial charge in [-0.25, -0.2) is 4.79 Å². The van der Waals surface area contributed by atoms with Gasteiger partial charge in [-0.2, -0.15) is 0 Å². The number of unbranched alkanes of at least 4 members (excludes halogenated alkanes) is 1. The molecule has 45 heavy (non-hydrogen) atoms. The summed E-state index contributed by atoms with van der Waals surface area (Å²) in [5, 5.41) is 9.29. The van der Waals surface area contributed by atoms with Crippen LogP contribution in [0.15, 0.2) is 91.0 Å². The molecule has 0 saturated carbocycles. The van der Waals surface area contributed by atoms with Crippen LogP contribution < -0.4 is 4.74 Å². The molecule has 5 nitrogen and oxygen atoms in total. The van der Waals surface area contributed by atoms with Crippen LogP contribution in [0.3, 0.4) is 0 Å². The average molecular weight is 606 g/mol. The Bertz CT molecular complexity index is 1530. The van der Waals surface area contributed by atoms with Crippen molar-refractivity contribution in [1.29, 1.82) is 0 Å². The molecule has 2 atom stereocenters. The summed E-state index contributed by atoms with van der Waals surface area (Å²) in [6, 6.07) is 32.7. The molecule has 2 unspecified atom stereocenters. The number of rotatable bonds is 15. The number of aryl methyl sites for hydroxylation is 4. The van der Waals surface area contributed by atoms with E-state index in [2.05, 4.69) is 85.6 Å². The largest absolute Gasteiger partial charge is 0.492 e. The topological polar surface area (TPSA) is 59.0 Å². The van der Waals surface area contributed by atoms with E-state index in [-0.39, 0.29) is 6.04 Å². The Morgan fingerprint density at radius 1 is 0.867 bits per heavy atom. The number of likely N-dealkylation sites (N-methyl/N-ethyl adjacent to an activating group) is 1. The summed E-state index contributed by atoms with van der Waals surface area (Å²) < 4.78 is 11.3. The predicted molar refractivity (Wildman–Crippen MR) is 181 cm³/mol. The SMILES string of the molecule is CCCCc1ccc2c(c1)CCc1c(CCc3ccccc3)cccc1C2N(C)CCOc1ccc(CC(OC)C(=O)O)cc1. The van der Waals surface area contributed by atoms with Crippen molar-refractivity contribution in [2.45, 2.75) is 70.4 Å². The number of methoxy groups -OCH3 is 1. The lowest BCUT2D eigenvalue weighted by Gasteiger charge is -2.31. The molecule has 5 heteroatoms. The second kappa shape index (κ2) is 15.9. The fraction of sp³-hybridized carbons (Fsp3) is 0.375. The highest BCUT2D eigenvalue weighted by atomic mass is 16.5. The first kappa shape index (κ1) is 32.5. The maximum atomic E-state index is 11.3.